The summed E-state index contributed by atoms with van der Waals surface area (Å²) in [6.07, 6.45) is 0.593. The third-order valence-electron chi connectivity index (χ3n) is 3.13. The number of aldehydes is 1. The summed E-state index contributed by atoms with van der Waals surface area (Å²) < 4.78 is 29.6. The zero-order valence-electron chi connectivity index (χ0n) is 12.3. The van der Waals surface area contributed by atoms with Crippen LogP contribution in [0.3, 0.4) is 0 Å². The van der Waals surface area contributed by atoms with Crippen LogP contribution in [0, 0.1) is 6.92 Å². The number of aryl methyl sites for hydroxylation is 1. The van der Waals surface area contributed by atoms with Crippen molar-refractivity contribution in [2.45, 2.75) is 18.7 Å². The molecule has 0 atom stereocenters. The standard InChI is InChI=1S/C17H16O4S/c1-13-8-10-16(11-9-13)22(19,20)21-14(2)17(12-18)15-6-4-3-5-7-15/h3-12H,1-2H3/b17-14-. The number of carbonyl (C=O) groups is 1. The van der Waals surface area contributed by atoms with Gasteiger partial charge in [0.15, 0.2) is 6.29 Å². The Balaban J connectivity index is 2.37. The molecule has 2 aromatic rings. The molecule has 0 fully saturated rings. The molecule has 0 aromatic heterocycles. The Morgan fingerprint density at radius 2 is 1.59 bits per heavy atom. The lowest BCUT2D eigenvalue weighted by Crippen LogP contribution is -2.07. The molecule has 0 unspecified atom stereocenters. The second-order valence-corrected chi connectivity index (χ2v) is 6.35. The number of hydrogen-bond donors (Lipinski definition) is 0. The molecule has 22 heavy (non-hydrogen) atoms. The van der Waals surface area contributed by atoms with Crippen molar-refractivity contribution in [1.82, 2.24) is 0 Å². The van der Waals surface area contributed by atoms with Crippen LogP contribution in [0.15, 0.2) is 65.3 Å². The molecule has 0 spiro atoms. The van der Waals surface area contributed by atoms with E-state index in [1.165, 1.54) is 19.1 Å². The van der Waals surface area contributed by atoms with Gasteiger partial charge in [0.05, 0.1) is 5.57 Å². The SMILES string of the molecule is C/C(OS(=O)(=O)c1ccc(C)cc1)=C(\C=O)c1ccccc1. The van der Waals surface area contributed by atoms with Gasteiger partial charge in [0, 0.05) is 0 Å². The fourth-order valence-electron chi connectivity index (χ4n) is 1.93. The van der Waals surface area contributed by atoms with Gasteiger partial charge >= 0.3 is 10.1 Å². The molecule has 0 amide bonds. The lowest BCUT2D eigenvalue weighted by Gasteiger charge is -2.10. The molecule has 0 aliphatic heterocycles. The lowest BCUT2D eigenvalue weighted by molar-refractivity contribution is -0.103. The van der Waals surface area contributed by atoms with Crippen molar-refractivity contribution in [3.63, 3.8) is 0 Å². The van der Waals surface area contributed by atoms with Crippen LogP contribution in [0.1, 0.15) is 18.1 Å². The number of hydrogen-bond acceptors (Lipinski definition) is 4. The van der Waals surface area contributed by atoms with Gasteiger partial charge in [0.2, 0.25) is 0 Å². The van der Waals surface area contributed by atoms with E-state index in [9.17, 15) is 13.2 Å². The Morgan fingerprint density at radius 3 is 2.14 bits per heavy atom. The molecule has 0 heterocycles. The summed E-state index contributed by atoms with van der Waals surface area (Å²) in [5.41, 5.74) is 1.76. The van der Waals surface area contributed by atoms with Gasteiger partial charge in [-0.15, -0.1) is 0 Å². The summed E-state index contributed by atoms with van der Waals surface area (Å²) in [6, 6.07) is 15.1. The highest BCUT2D eigenvalue weighted by atomic mass is 32.2. The zero-order valence-corrected chi connectivity index (χ0v) is 13.1. The summed E-state index contributed by atoms with van der Waals surface area (Å²) in [5.74, 6) is 0.0433. The maximum absolute atomic E-state index is 12.2. The topological polar surface area (TPSA) is 60.4 Å². The Labute approximate surface area is 130 Å². The van der Waals surface area contributed by atoms with Crippen molar-refractivity contribution in [2.24, 2.45) is 0 Å². The monoisotopic (exact) mass is 316 g/mol. The van der Waals surface area contributed by atoms with Gasteiger partial charge in [-0.25, -0.2) is 0 Å². The summed E-state index contributed by atoms with van der Waals surface area (Å²) in [6.45, 7) is 3.32. The molecule has 0 bridgehead atoms. The first kappa shape index (κ1) is 16.0. The Morgan fingerprint density at radius 1 is 1.00 bits per heavy atom. The fraction of sp³-hybridized carbons (Fsp3) is 0.118. The highest BCUT2D eigenvalue weighted by molar-refractivity contribution is 7.86. The van der Waals surface area contributed by atoms with Crippen LogP contribution in [-0.4, -0.2) is 14.7 Å². The maximum atomic E-state index is 12.2. The fourth-order valence-corrected chi connectivity index (χ4v) is 2.92. The van der Waals surface area contributed by atoms with Gasteiger partial charge in [-0.2, -0.15) is 8.42 Å². The van der Waals surface area contributed by atoms with E-state index in [0.29, 0.717) is 11.8 Å². The summed E-state index contributed by atoms with van der Waals surface area (Å²) in [7, 11) is -3.96. The van der Waals surface area contributed by atoms with Crippen LogP contribution in [-0.2, 0) is 19.1 Å². The van der Waals surface area contributed by atoms with E-state index in [2.05, 4.69) is 0 Å². The van der Waals surface area contributed by atoms with E-state index in [0.717, 1.165) is 5.56 Å². The molecular weight excluding hydrogens is 300 g/mol. The van der Waals surface area contributed by atoms with E-state index < -0.39 is 10.1 Å². The van der Waals surface area contributed by atoms with Gasteiger partial charge < -0.3 is 4.18 Å². The number of benzene rings is 2. The van der Waals surface area contributed by atoms with Crippen molar-refractivity contribution in [2.75, 3.05) is 0 Å². The first-order valence-corrected chi connectivity index (χ1v) is 8.07. The second-order valence-electron chi connectivity index (χ2n) is 4.80. The molecule has 2 rings (SSSR count). The van der Waals surface area contributed by atoms with Gasteiger partial charge in [-0.3, -0.25) is 4.79 Å². The van der Waals surface area contributed by atoms with Crippen LogP contribution < -0.4 is 0 Å². The Kier molecular flexibility index (Phi) is 4.78. The van der Waals surface area contributed by atoms with Crippen molar-refractivity contribution in [1.29, 1.82) is 0 Å². The zero-order chi connectivity index (χ0) is 16.2. The lowest BCUT2D eigenvalue weighted by atomic mass is 10.1. The predicted molar refractivity (Wildman–Crippen MR) is 84.5 cm³/mol. The predicted octanol–water partition coefficient (Wildman–Crippen LogP) is 3.33. The molecule has 0 saturated carbocycles. The van der Waals surface area contributed by atoms with E-state index in [-0.39, 0.29) is 16.2 Å². The van der Waals surface area contributed by atoms with Crippen LogP contribution in [0.5, 0.6) is 0 Å². The average molecular weight is 316 g/mol. The number of allylic oxidation sites excluding steroid dienone is 2. The van der Waals surface area contributed by atoms with Crippen LogP contribution >= 0.6 is 0 Å². The summed E-state index contributed by atoms with van der Waals surface area (Å²) in [5, 5.41) is 0. The van der Waals surface area contributed by atoms with Crippen molar-refractivity contribution in [3.8, 4) is 0 Å². The van der Waals surface area contributed by atoms with Gasteiger partial charge in [0.1, 0.15) is 10.7 Å². The molecule has 114 valence electrons. The quantitative estimate of drug-likeness (QED) is 0.367. The van der Waals surface area contributed by atoms with Gasteiger partial charge in [0.25, 0.3) is 0 Å². The maximum Gasteiger partial charge on any atom is 0.338 e. The molecule has 0 N–H and O–H groups in total. The first-order valence-electron chi connectivity index (χ1n) is 6.66. The normalized spacial score (nSPS) is 12.5. The van der Waals surface area contributed by atoms with Gasteiger partial charge in [-0.1, -0.05) is 48.0 Å². The Hall–Kier alpha value is -2.40. The Bertz CT molecular complexity index is 788. The van der Waals surface area contributed by atoms with Crippen LogP contribution in [0.25, 0.3) is 5.57 Å². The molecule has 0 radical (unpaired) electrons. The molecule has 2 aromatic carbocycles. The summed E-state index contributed by atoms with van der Waals surface area (Å²) >= 11 is 0. The number of carbonyl (C=O) groups excluding carboxylic acids is 1. The third-order valence-corrected chi connectivity index (χ3v) is 4.45. The molecule has 0 aliphatic rings. The van der Waals surface area contributed by atoms with Gasteiger partial charge in [-0.05, 0) is 31.5 Å². The smallest absolute Gasteiger partial charge is 0.338 e. The van der Waals surface area contributed by atoms with E-state index >= 15 is 0 Å². The van der Waals surface area contributed by atoms with Crippen molar-refractivity contribution < 1.29 is 17.4 Å². The van der Waals surface area contributed by atoms with E-state index in [1.807, 2.05) is 13.0 Å². The molecule has 5 heteroatoms. The van der Waals surface area contributed by atoms with Crippen LogP contribution in [0.2, 0.25) is 0 Å². The van der Waals surface area contributed by atoms with E-state index in [4.69, 9.17) is 4.18 Å². The average Bonchev–Trinajstić information content (AvgIpc) is 2.49. The van der Waals surface area contributed by atoms with E-state index in [1.54, 1.807) is 36.4 Å². The first-order chi connectivity index (χ1) is 10.4. The minimum atomic E-state index is -3.96. The second kappa shape index (κ2) is 6.58. The van der Waals surface area contributed by atoms with Crippen molar-refractivity contribution in [3.05, 3.63) is 71.5 Å². The molecule has 4 nitrogen and oxygen atoms in total. The summed E-state index contributed by atoms with van der Waals surface area (Å²) in [4.78, 5) is 11.3. The number of rotatable bonds is 5. The molecular formula is C17H16O4S. The van der Waals surface area contributed by atoms with Crippen molar-refractivity contribution >= 4 is 22.0 Å². The van der Waals surface area contributed by atoms with Crippen LogP contribution in [0.4, 0.5) is 0 Å². The third kappa shape index (κ3) is 3.62. The largest absolute Gasteiger partial charge is 0.383 e. The highest BCUT2D eigenvalue weighted by Gasteiger charge is 2.18. The molecule has 0 aliphatic carbocycles. The minimum Gasteiger partial charge on any atom is -0.383 e. The molecule has 0 saturated heterocycles. The minimum absolute atomic E-state index is 0.0433. The highest BCUT2D eigenvalue weighted by Crippen LogP contribution is 2.22.